The Kier molecular flexibility index (Phi) is 4.47. The summed E-state index contributed by atoms with van der Waals surface area (Å²) in [5.41, 5.74) is 9.97. The zero-order chi connectivity index (χ0) is 13.7. The number of benzene rings is 1. The van der Waals surface area contributed by atoms with Crippen LogP contribution in [-0.2, 0) is 13.1 Å². The fourth-order valence-electron chi connectivity index (χ4n) is 1.91. The lowest BCUT2D eigenvalue weighted by Gasteiger charge is -2.02. The first kappa shape index (κ1) is 13.5. The second-order valence-electron chi connectivity index (χ2n) is 4.59. The molecule has 0 aliphatic rings. The van der Waals surface area contributed by atoms with Gasteiger partial charge in [-0.3, -0.25) is 0 Å². The van der Waals surface area contributed by atoms with Crippen LogP contribution < -0.4 is 5.73 Å². The van der Waals surface area contributed by atoms with Gasteiger partial charge in [-0.15, -0.1) is 5.10 Å². The van der Waals surface area contributed by atoms with Crippen molar-refractivity contribution >= 4 is 12.2 Å². The van der Waals surface area contributed by atoms with Gasteiger partial charge in [-0.1, -0.05) is 48.0 Å². The summed E-state index contributed by atoms with van der Waals surface area (Å²) < 4.78 is 1.91. The van der Waals surface area contributed by atoms with Crippen LogP contribution in [0.3, 0.4) is 0 Å². The van der Waals surface area contributed by atoms with Gasteiger partial charge in [0.25, 0.3) is 0 Å². The Morgan fingerprint density at radius 2 is 1.95 bits per heavy atom. The van der Waals surface area contributed by atoms with E-state index in [0.717, 1.165) is 29.9 Å². The van der Waals surface area contributed by atoms with Crippen LogP contribution in [0.4, 0.5) is 0 Å². The summed E-state index contributed by atoms with van der Waals surface area (Å²) in [4.78, 5) is 0. The Labute approximate surface area is 113 Å². The first-order valence-corrected chi connectivity index (χ1v) is 6.61. The lowest BCUT2D eigenvalue weighted by molar-refractivity contribution is 0.575. The van der Waals surface area contributed by atoms with Gasteiger partial charge in [0.05, 0.1) is 5.69 Å². The minimum Gasteiger partial charge on any atom is -0.325 e. The fourth-order valence-corrected chi connectivity index (χ4v) is 1.91. The molecule has 0 spiro atoms. The molecule has 0 unspecified atom stereocenters. The minimum absolute atomic E-state index is 0.414. The number of nitrogens with two attached hydrogens (primary N) is 1. The van der Waals surface area contributed by atoms with Crippen LogP contribution in [0, 0.1) is 6.92 Å². The van der Waals surface area contributed by atoms with Crippen molar-refractivity contribution in [1.29, 1.82) is 0 Å². The van der Waals surface area contributed by atoms with Crippen LogP contribution >= 0.6 is 0 Å². The smallest absolute Gasteiger partial charge is 0.104 e. The molecular weight excluding hydrogens is 236 g/mol. The van der Waals surface area contributed by atoms with Crippen LogP contribution in [-0.4, -0.2) is 15.0 Å². The summed E-state index contributed by atoms with van der Waals surface area (Å²) in [6, 6.07) is 8.40. The van der Waals surface area contributed by atoms with E-state index in [1.54, 1.807) is 0 Å². The largest absolute Gasteiger partial charge is 0.325 e. The predicted molar refractivity (Wildman–Crippen MR) is 78.3 cm³/mol. The SMILES string of the molecule is CCCn1nnc(CN)c1/C=C/c1ccc(C)cc1. The maximum Gasteiger partial charge on any atom is 0.104 e. The van der Waals surface area contributed by atoms with Crippen molar-refractivity contribution in [2.24, 2.45) is 5.73 Å². The van der Waals surface area contributed by atoms with Crippen molar-refractivity contribution in [1.82, 2.24) is 15.0 Å². The van der Waals surface area contributed by atoms with Gasteiger partial charge < -0.3 is 5.73 Å². The molecule has 0 bridgehead atoms. The molecule has 4 nitrogen and oxygen atoms in total. The van der Waals surface area contributed by atoms with Crippen LogP contribution in [0.25, 0.3) is 12.2 Å². The minimum atomic E-state index is 0.414. The van der Waals surface area contributed by atoms with Gasteiger partial charge in [0.15, 0.2) is 0 Å². The molecule has 2 aromatic rings. The van der Waals surface area contributed by atoms with Crippen LogP contribution in [0.15, 0.2) is 24.3 Å². The number of hydrogen-bond donors (Lipinski definition) is 1. The summed E-state index contributed by atoms with van der Waals surface area (Å²) in [6.45, 7) is 5.48. The quantitative estimate of drug-likeness (QED) is 0.894. The molecule has 1 aromatic carbocycles. The van der Waals surface area contributed by atoms with E-state index >= 15 is 0 Å². The topological polar surface area (TPSA) is 56.7 Å². The van der Waals surface area contributed by atoms with Crippen LogP contribution in [0.1, 0.15) is 35.9 Å². The Hall–Kier alpha value is -1.94. The molecule has 19 heavy (non-hydrogen) atoms. The van der Waals surface area contributed by atoms with Gasteiger partial charge in [-0.25, -0.2) is 4.68 Å². The molecule has 0 amide bonds. The average Bonchev–Trinajstić information content (AvgIpc) is 2.81. The van der Waals surface area contributed by atoms with Crippen molar-refractivity contribution in [2.45, 2.75) is 33.4 Å². The highest BCUT2D eigenvalue weighted by molar-refractivity contribution is 5.69. The summed E-state index contributed by atoms with van der Waals surface area (Å²) in [5.74, 6) is 0. The third-order valence-electron chi connectivity index (χ3n) is 2.99. The number of nitrogens with zero attached hydrogens (tertiary/aromatic N) is 3. The maximum atomic E-state index is 5.70. The lowest BCUT2D eigenvalue weighted by atomic mass is 10.1. The monoisotopic (exact) mass is 256 g/mol. The van der Waals surface area contributed by atoms with Gasteiger partial charge in [0.2, 0.25) is 0 Å². The first-order valence-electron chi connectivity index (χ1n) is 6.61. The number of hydrogen-bond acceptors (Lipinski definition) is 3. The Bertz CT molecular complexity index is 552. The Morgan fingerprint density at radius 1 is 1.21 bits per heavy atom. The summed E-state index contributed by atoms with van der Waals surface area (Å²) in [6.07, 6.45) is 5.14. The zero-order valence-electron chi connectivity index (χ0n) is 11.5. The molecule has 0 aliphatic carbocycles. The molecule has 0 aliphatic heterocycles. The number of aryl methyl sites for hydroxylation is 2. The molecule has 0 radical (unpaired) electrons. The molecule has 2 N–H and O–H groups in total. The summed E-state index contributed by atoms with van der Waals surface area (Å²) in [7, 11) is 0. The second-order valence-corrected chi connectivity index (χ2v) is 4.59. The molecule has 0 atom stereocenters. The van der Waals surface area contributed by atoms with Crippen LogP contribution in [0.5, 0.6) is 0 Å². The molecule has 1 aromatic heterocycles. The van der Waals surface area contributed by atoms with Crippen molar-refractivity contribution in [3.63, 3.8) is 0 Å². The summed E-state index contributed by atoms with van der Waals surface area (Å²) in [5, 5.41) is 8.25. The molecule has 0 saturated heterocycles. The van der Waals surface area contributed by atoms with E-state index in [2.05, 4.69) is 54.5 Å². The van der Waals surface area contributed by atoms with E-state index in [4.69, 9.17) is 5.73 Å². The third-order valence-corrected chi connectivity index (χ3v) is 2.99. The fraction of sp³-hybridized carbons (Fsp3) is 0.333. The van der Waals surface area contributed by atoms with Gasteiger partial charge >= 0.3 is 0 Å². The van der Waals surface area contributed by atoms with Gasteiger partial charge in [0, 0.05) is 13.1 Å². The highest BCUT2D eigenvalue weighted by Crippen LogP contribution is 2.12. The molecule has 0 fully saturated rings. The van der Waals surface area contributed by atoms with Crippen molar-refractivity contribution in [2.75, 3.05) is 0 Å². The highest BCUT2D eigenvalue weighted by Gasteiger charge is 2.07. The average molecular weight is 256 g/mol. The third kappa shape index (κ3) is 3.29. The maximum absolute atomic E-state index is 5.70. The van der Waals surface area contributed by atoms with E-state index < -0.39 is 0 Å². The summed E-state index contributed by atoms with van der Waals surface area (Å²) >= 11 is 0. The number of rotatable bonds is 5. The first-order chi connectivity index (χ1) is 9.24. The van der Waals surface area contributed by atoms with Crippen molar-refractivity contribution in [3.8, 4) is 0 Å². The zero-order valence-corrected chi connectivity index (χ0v) is 11.5. The Balaban J connectivity index is 2.26. The lowest BCUT2D eigenvalue weighted by Crippen LogP contribution is -2.03. The van der Waals surface area contributed by atoms with Gasteiger partial charge in [-0.2, -0.15) is 0 Å². The number of aromatic nitrogens is 3. The standard InChI is InChI=1S/C15H20N4/c1-3-10-19-15(14(11-16)17-18-19)9-8-13-6-4-12(2)5-7-13/h4-9H,3,10-11,16H2,1-2H3/b9-8+. The van der Waals surface area contributed by atoms with E-state index in [0.29, 0.717) is 6.54 Å². The molecule has 4 heteroatoms. The highest BCUT2D eigenvalue weighted by atomic mass is 15.4. The van der Waals surface area contributed by atoms with Crippen molar-refractivity contribution in [3.05, 3.63) is 46.8 Å². The van der Waals surface area contributed by atoms with E-state index in [1.807, 2.05) is 10.8 Å². The molecule has 100 valence electrons. The van der Waals surface area contributed by atoms with Gasteiger partial charge in [-0.05, 0) is 25.0 Å². The van der Waals surface area contributed by atoms with Crippen molar-refractivity contribution < 1.29 is 0 Å². The van der Waals surface area contributed by atoms with E-state index in [1.165, 1.54) is 5.56 Å². The van der Waals surface area contributed by atoms with Gasteiger partial charge in [0.1, 0.15) is 5.69 Å². The molecular formula is C15H20N4. The normalized spacial score (nSPS) is 11.3. The molecule has 1 heterocycles. The molecule has 2 rings (SSSR count). The van der Waals surface area contributed by atoms with Crippen LogP contribution in [0.2, 0.25) is 0 Å². The Morgan fingerprint density at radius 3 is 2.58 bits per heavy atom. The van der Waals surface area contributed by atoms with E-state index in [-0.39, 0.29) is 0 Å². The van der Waals surface area contributed by atoms with E-state index in [9.17, 15) is 0 Å². The second kappa shape index (κ2) is 6.29. The predicted octanol–water partition coefficient (Wildman–Crippen LogP) is 2.63. The molecule has 0 saturated carbocycles.